The summed E-state index contributed by atoms with van der Waals surface area (Å²) < 4.78 is 2.15. The van der Waals surface area contributed by atoms with Crippen molar-refractivity contribution in [3.8, 4) is 0 Å². The lowest BCUT2D eigenvalue weighted by atomic mass is 9.91. The molecule has 2 aliphatic rings. The van der Waals surface area contributed by atoms with Crippen LogP contribution in [0.15, 0.2) is 40.6 Å². The van der Waals surface area contributed by atoms with Crippen molar-refractivity contribution in [1.82, 2.24) is 19.7 Å². The van der Waals surface area contributed by atoms with E-state index in [1.165, 1.54) is 30.5 Å². The highest BCUT2D eigenvalue weighted by Crippen LogP contribution is 2.28. The Hall–Kier alpha value is -2.67. The third kappa shape index (κ3) is 4.05. The minimum atomic E-state index is -0.381. The van der Waals surface area contributed by atoms with E-state index in [0.717, 1.165) is 24.2 Å². The number of allylic oxidation sites excluding steroid dienone is 4. The molecule has 7 nitrogen and oxygen atoms in total. The normalized spacial score (nSPS) is 16.4. The van der Waals surface area contributed by atoms with Crippen LogP contribution >= 0.6 is 11.6 Å². The SMILES string of the molecule is CCC(=N)/C(=C\C=C1CCC1)Cn1cnc2c1CCN(c1cn[nH]c(=O)c1Cl)C2. The van der Waals surface area contributed by atoms with Gasteiger partial charge < -0.3 is 14.9 Å². The minimum Gasteiger partial charge on any atom is -0.362 e. The van der Waals surface area contributed by atoms with Crippen LogP contribution in [0.3, 0.4) is 0 Å². The van der Waals surface area contributed by atoms with E-state index in [4.69, 9.17) is 17.0 Å². The molecule has 0 saturated heterocycles. The van der Waals surface area contributed by atoms with Crippen LogP contribution in [-0.4, -0.2) is 32.0 Å². The first-order valence-electron chi connectivity index (χ1n) is 10.0. The van der Waals surface area contributed by atoms with Crippen LogP contribution < -0.4 is 10.5 Å². The van der Waals surface area contributed by atoms with Gasteiger partial charge in [0.15, 0.2) is 0 Å². The predicted octanol–water partition coefficient (Wildman–Crippen LogP) is 3.65. The summed E-state index contributed by atoms with van der Waals surface area (Å²) in [6.07, 6.45) is 12.9. The quantitative estimate of drug-likeness (QED) is 0.708. The van der Waals surface area contributed by atoms with Crippen LogP contribution in [0, 0.1) is 5.41 Å². The molecule has 29 heavy (non-hydrogen) atoms. The lowest BCUT2D eigenvalue weighted by Gasteiger charge is -2.29. The maximum Gasteiger partial charge on any atom is 0.285 e. The van der Waals surface area contributed by atoms with Crippen molar-refractivity contribution in [2.75, 3.05) is 11.4 Å². The molecular weight excluding hydrogens is 388 g/mol. The lowest BCUT2D eigenvalue weighted by Crippen LogP contribution is -2.33. The highest BCUT2D eigenvalue weighted by molar-refractivity contribution is 6.33. The smallest absolute Gasteiger partial charge is 0.285 e. The number of rotatable bonds is 6. The van der Waals surface area contributed by atoms with Crippen molar-refractivity contribution < 1.29 is 0 Å². The van der Waals surface area contributed by atoms with Crippen molar-refractivity contribution in [3.05, 3.63) is 62.6 Å². The molecule has 8 heteroatoms. The van der Waals surface area contributed by atoms with Gasteiger partial charge in [-0.25, -0.2) is 10.1 Å². The summed E-state index contributed by atoms with van der Waals surface area (Å²) in [6, 6.07) is 0. The van der Waals surface area contributed by atoms with Gasteiger partial charge in [0.1, 0.15) is 5.02 Å². The van der Waals surface area contributed by atoms with Crippen molar-refractivity contribution >= 4 is 23.0 Å². The largest absolute Gasteiger partial charge is 0.362 e. The first kappa shape index (κ1) is 19.6. The number of nitrogens with one attached hydrogen (secondary N) is 2. The Morgan fingerprint density at radius 2 is 2.21 bits per heavy atom. The van der Waals surface area contributed by atoms with Gasteiger partial charge in [0.2, 0.25) is 0 Å². The topological polar surface area (TPSA) is 90.7 Å². The summed E-state index contributed by atoms with van der Waals surface area (Å²) in [5.41, 5.74) is 5.59. The number of aromatic nitrogens is 4. The molecule has 1 saturated carbocycles. The van der Waals surface area contributed by atoms with Gasteiger partial charge in [-0.05, 0) is 31.3 Å². The highest BCUT2D eigenvalue weighted by Gasteiger charge is 2.24. The van der Waals surface area contributed by atoms with Gasteiger partial charge in [-0.1, -0.05) is 36.2 Å². The summed E-state index contributed by atoms with van der Waals surface area (Å²) in [5, 5.41) is 14.7. The second-order valence-electron chi connectivity index (χ2n) is 7.54. The lowest BCUT2D eigenvalue weighted by molar-refractivity contribution is 0.658. The molecule has 2 N–H and O–H groups in total. The van der Waals surface area contributed by atoms with Crippen molar-refractivity contribution in [3.63, 3.8) is 0 Å². The van der Waals surface area contributed by atoms with E-state index in [9.17, 15) is 4.79 Å². The molecule has 0 aromatic carbocycles. The Morgan fingerprint density at radius 1 is 1.38 bits per heavy atom. The summed E-state index contributed by atoms with van der Waals surface area (Å²) in [6.45, 7) is 4.00. The molecule has 2 aromatic rings. The summed E-state index contributed by atoms with van der Waals surface area (Å²) >= 11 is 6.17. The van der Waals surface area contributed by atoms with Gasteiger partial charge in [0.25, 0.3) is 5.56 Å². The standard InChI is InChI=1S/C21H25ClN6O/c1-2-16(23)15(7-6-14-4-3-5-14)11-28-13-24-17-12-27(9-8-18(17)28)19-10-25-26-21(29)20(19)22/h6-7,10,13,23H,2-5,8-9,11-12H2,1H3,(H,26,29)/b15-7-,23-16?. The fourth-order valence-electron chi connectivity index (χ4n) is 3.73. The first-order valence-corrected chi connectivity index (χ1v) is 10.4. The number of halogens is 1. The first-order chi connectivity index (χ1) is 14.1. The van der Waals surface area contributed by atoms with Gasteiger partial charge in [0.05, 0.1) is 37.0 Å². The Bertz CT molecular complexity index is 1040. The number of hydrogen-bond acceptors (Lipinski definition) is 5. The zero-order chi connectivity index (χ0) is 20.4. The van der Waals surface area contributed by atoms with Gasteiger partial charge in [-0.15, -0.1) is 0 Å². The van der Waals surface area contributed by atoms with Crippen LogP contribution in [-0.2, 0) is 19.5 Å². The van der Waals surface area contributed by atoms with Crippen LogP contribution in [0.1, 0.15) is 44.0 Å². The molecule has 1 fully saturated rings. The summed E-state index contributed by atoms with van der Waals surface area (Å²) in [5.74, 6) is 0. The molecule has 0 bridgehead atoms. The molecule has 1 aliphatic heterocycles. The van der Waals surface area contributed by atoms with Gasteiger partial charge in [-0.2, -0.15) is 5.10 Å². The number of H-pyrrole nitrogens is 1. The maximum absolute atomic E-state index is 11.8. The Balaban J connectivity index is 1.55. The highest BCUT2D eigenvalue weighted by atomic mass is 35.5. The summed E-state index contributed by atoms with van der Waals surface area (Å²) in [7, 11) is 0. The second kappa shape index (κ2) is 8.37. The molecule has 0 radical (unpaired) electrons. The molecule has 0 atom stereocenters. The van der Waals surface area contributed by atoms with Crippen molar-refractivity contribution in [2.24, 2.45) is 0 Å². The molecule has 152 valence electrons. The van der Waals surface area contributed by atoms with Gasteiger partial charge in [0, 0.05) is 24.4 Å². The zero-order valence-corrected chi connectivity index (χ0v) is 17.3. The number of imidazole rings is 1. The van der Waals surface area contributed by atoms with Gasteiger partial charge in [-0.3, -0.25) is 4.79 Å². The maximum atomic E-state index is 11.8. The number of nitrogens with zero attached hydrogens (tertiary/aromatic N) is 4. The number of aromatic amines is 1. The summed E-state index contributed by atoms with van der Waals surface area (Å²) in [4.78, 5) is 18.4. The molecule has 4 rings (SSSR count). The Morgan fingerprint density at radius 3 is 2.93 bits per heavy atom. The van der Waals surface area contributed by atoms with E-state index >= 15 is 0 Å². The molecule has 0 amide bonds. The number of fused-ring (bicyclic) bond motifs is 1. The average Bonchev–Trinajstić information content (AvgIpc) is 3.09. The third-order valence-corrected chi connectivity index (χ3v) is 6.07. The van der Waals surface area contributed by atoms with Crippen molar-refractivity contribution in [2.45, 2.75) is 52.1 Å². The molecule has 0 unspecified atom stereocenters. The predicted molar refractivity (Wildman–Crippen MR) is 115 cm³/mol. The van der Waals surface area contributed by atoms with E-state index in [1.807, 2.05) is 18.2 Å². The monoisotopic (exact) mass is 412 g/mol. The van der Waals surface area contributed by atoms with Crippen LogP contribution in [0.25, 0.3) is 0 Å². The van der Waals surface area contributed by atoms with Gasteiger partial charge >= 0.3 is 0 Å². The third-order valence-electron chi connectivity index (χ3n) is 5.71. The van der Waals surface area contributed by atoms with Crippen LogP contribution in [0.2, 0.25) is 5.02 Å². The van der Waals surface area contributed by atoms with E-state index in [1.54, 1.807) is 6.20 Å². The fourth-order valence-corrected chi connectivity index (χ4v) is 3.94. The van der Waals surface area contributed by atoms with E-state index in [0.29, 0.717) is 30.9 Å². The molecule has 0 spiro atoms. The molecular formula is C21H25ClN6O. The zero-order valence-electron chi connectivity index (χ0n) is 16.5. The van der Waals surface area contributed by atoms with Crippen molar-refractivity contribution in [1.29, 1.82) is 5.41 Å². The molecule has 2 aromatic heterocycles. The Labute approximate surface area is 174 Å². The average molecular weight is 413 g/mol. The van der Waals surface area contributed by atoms with E-state index < -0.39 is 0 Å². The van der Waals surface area contributed by atoms with Crippen LogP contribution in [0.5, 0.6) is 0 Å². The second-order valence-corrected chi connectivity index (χ2v) is 7.92. The van der Waals surface area contributed by atoms with E-state index in [-0.39, 0.29) is 10.6 Å². The molecule has 3 heterocycles. The fraction of sp³-hybridized carbons (Fsp3) is 0.429. The van der Waals surface area contributed by atoms with E-state index in [2.05, 4.69) is 31.9 Å². The minimum absolute atomic E-state index is 0.161. The van der Waals surface area contributed by atoms with Crippen LogP contribution in [0.4, 0.5) is 5.69 Å². The molecule has 1 aliphatic carbocycles. The number of hydrogen-bond donors (Lipinski definition) is 2. The Kier molecular flexibility index (Phi) is 5.67. The number of anilines is 1.